The normalized spacial score (nSPS) is 14.6. The van der Waals surface area contributed by atoms with Crippen LogP contribution in [0, 0.1) is 13.8 Å². The largest absolute Gasteiger partial charge is 0.490 e. The van der Waals surface area contributed by atoms with Crippen LogP contribution in [-0.4, -0.2) is 12.0 Å². The number of carbonyl (C=O) groups is 1. The van der Waals surface area contributed by atoms with E-state index in [4.69, 9.17) is 4.74 Å². The van der Waals surface area contributed by atoms with Gasteiger partial charge in [-0.1, -0.05) is 18.2 Å². The summed E-state index contributed by atoms with van der Waals surface area (Å²) in [5.74, 6) is 0.886. The molecule has 0 saturated heterocycles. The van der Waals surface area contributed by atoms with Gasteiger partial charge in [0.2, 0.25) is 5.91 Å². The maximum absolute atomic E-state index is 12.2. The van der Waals surface area contributed by atoms with Crippen LogP contribution >= 0.6 is 0 Å². The quantitative estimate of drug-likeness (QED) is 0.858. The summed E-state index contributed by atoms with van der Waals surface area (Å²) >= 11 is 0. The zero-order chi connectivity index (χ0) is 16.9. The number of hydrogen-bond acceptors (Lipinski definition) is 2. The van der Waals surface area contributed by atoms with Gasteiger partial charge in [0.25, 0.3) is 0 Å². The fourth-order valence-corrected chi connectivity index (χ4v) is 3.12. The van der Waals surface area contributed by atoms with Crippen LogP contribution in [0.1, 0.15) is 42.4 Å². The number of anilines is 1. The molecule has 2 aromatic carbocycles. The Morgan fingerprint density at radius 3 is 2.42 bits per heavy atom. The number of aryl methyl sites for hydroxylation is 2. The van der Waals surface area contributed by atoms with Crippen molar-refractivity contribution < 1.29 is 9.53 Å². The highest BCUT2D eigenvalue weighted by Gasteiger charge is 2.16. The van der Waals surface area contributed by atoms with E-state index >= 15 is 0 Å². The lowest BCUT2D eigenvalue weighted by atomic mass is 10.0. The molecule has 1 aliphatic rings. The SMILES string of the molecule is Cc1ccc(CC(=O)Nc2ccc(OC3CCCC3)cc2)cc1C. The fraction of sp³-hybridized carbons (Fsp3) is 0.381. The van der Waals surface area contributed by atoms with E-state index in [1.807, 2.05) is 30.3 Å². The Kier molecular flexibility index (Phi) is 5.19. The van der Waals surface area contributed by atoms with Crippen molar-refractivity contribution in [3.05, 3.63) is 59.2 Å². The second-order valence-corrected chi connectivity index (χ2v) is 6.69. The summed E-state index contributed by atoms with van der Waals surface area (Å²) in [6, 6.07) is 13.8. The summed E-state index contributed by atoms with van der Waals surface area (Å²) < 4.78 is 5.94. The van der Waals surface area contributed by atoms with Crippen molar-refractivity contribution in [2.75, 3.05) is 5.32 Å². The lowest BCUT2D eigenvalue weighted by Gasteiger charge is -2.13. The summed E-state index contributed by atoms with van der Waals surface area (Å²) in [7, 11) is 0. The molecule has 0 radical (unpaired) electrons. The lowest BCUT2D eigenvalue weighted by molar-refractivity contribution is -0.115. The Morgan fingerprint density at radius 2 is 1.75 bits per heavy atom. The second kappa shape index (κ2) is 7.52. The molecule has 1 saturated carbocycles. The Bertz CT molecular complexity index is 700. The highest BCUT2D eigenvalue weighted by atomic mass is 16.5. The number of hydrogen-bond donors (Lipinski definition) is 1. The molecule has 1 N–H and O–H groups in total. The first kappa shape index (κ1) is 16.6. The predicted molar refractivity (Wildman–Crippen MR) is 97.6 cm³/mol. The fourth-order valence-electron chi connectivity index (χ4n) is 3.12. The second-order valence-electron chi connectivity index (χ2n) is 6.69. The number of carbonyl (C=O) groups excluding carboxylic acids is 1. The smallest absolute Gasteiger partial charge is 0.228 e. The molecule has 3 rings (SSSR count). The molecular weight excluding hydrogens is 298 g/mol. The number of rotatable bonds is 5. The molecule has 126 valence electrons. The standard InChI is InChI=1S/C21H25NO2/c1-15-7-8-17(13-16(15)2)14-21(23)22-18-9-11-20(12-10-18)24-19-5-3-4-6-19/h7-13,19H,3-6,14H2,1-2H3,(H,22,23). The Hall–Kier alpha value is -2.29. The highest BCUT2D eigenvalue weighted by Crippen LogP contribution is 2.25. The van der Waals surface area contributed by atoms with Crippen LogP contribution in [0.4, 0.5) is 5.69 Å². The third-order valence-corrected chi connectivity index (χ3v) is 4.68. The highest BCUT2D eigenvalue weighted by molar-refractivity contribution is 5.92. The van der Waals surface area contributed by atoms with Crippen LogP contribution in [0.2, 0.25) is 0 Å². The van der Waals surface area contributed by atoms with Crippen LogP contribution in [0.5, 0.6) is 5.75 Å². The van der Waals surface area contributed by atoms with E-state index in [-0.39, 0.29) is 5.91 Å². The third kappa shape index (κ3) is 4.38. The molecule has 0 unspecified atom stereocenters. The lowest BCUT2D eigenvalue weighted by Crippen LogP contribution is -2.14. The van der Waals surface area contributed by atoms with Gasteiger partial charge in [-0.15, -0.1) is 0 Å². The van der Waals surface area contributed by atoms with Gasteiger partial charge in [0.15, 0.2) is 0 Å². The van der Waals surface area contributed by atoms with E-state index in [2.05, 4.69) is 31.3 Å². The molecule has 0 heterocycles. The van der Waals surface area contributed by atoms with E-state index in [9.17, 15) is 4.79 Å². The van der Waals surface area contributed by atoms with Crippen molar-refractivity contribution in [1.29, 1.82) is 0 Å². The number of benzene rings is 2. The van der Waals surface area contributed by atoms with Crippen LogP contribution in [0.25, 0.3) is 0 Å². The summed E-state index contributed by atoms with van der Waals surface area (Å²) in [6.07, 6.45) is 5.56. The van der Waals surface area contributed by atoms with Gasteiger partial charge >= 0.3 is 0 Å². The molecule has 24 heavy (non-hydrogen) atoms. The van der Waals surface area contributed by atoms with Gasteiger partial charge in [0.05, 0.1) is 12.5 Å². The summed E-state index contributed by atoms with van der Waals surface area (Å²) in [5, 5.41) is 2.95. The van der Waals surface area contributed by atoms with Crippen molar-refractivity contribution in [2.45, 2.75) is 52.1 Å². The first-order chi connectivity index (χ1) is 11.6. The topological polar surface area (TPSA) is 38.3 Å². The van der Waals surface area contributed by atoms with Gasteiger partial charge in [0.1, 0.15) is 5.75 Å². The average molecular weight is 323 g/mol. The van der Waals surface area contributed by atoms with Gasteiger partial charge in [-0.25, -0.2) is 0 Å². The van der Waals surface area contributed by atoms with Gasteiger partial charge in [-0.05, 0) is 80.5 Å². The minimum Gasteiger partial charge on any atom is -0.490 e. The molecule has 0 atom stereocenters. The molecule has 3 heteroatoms. The zero-order valence-corrected chi connectivity index (χ0v) is 14.5. The van der Waals surface area contributed by atoms with Crippen LogP contribution in [0.3, 0.4) is 0 Å². The van der Waals surface area contributed by atoms with E-state index in [0.717, 1.165) is 29.8 Å². The van der Waals surface area contributed by atoms with E-state index < -0.39 is 0 Å². The van der Waals surface area contributed by atoms with E-state index in [1.54, 1.807) is 0 Å². The van der Waals surface area contributed by atoms with Crippen molar-refractivity contribution >= 4 is 11.6 Å². The van der Waals surface area contributed by atoms with Gasteiger partial charge in [-0.2, -0.15) is 0 Å². The molecule has 1 amide bonds. The summed E-state index contributed by atoms with van der Waals surface area (Å²) in [5.41, 5.74) is 4.31. The van der Waals surface area contributed by atoms with Crippen LogP contribution < -0.4 is 10.1 Å². The Balaban J connectivity index is 1.54. The summed E-state index contributed by atoms with van der Waals surface area (Å²) in [6.45, 7) is 4.15. The summed E-state index contributed by atoms with van der Waals surface area (Å²) in [4.78, 5) is 12.2. The van der Waals surface area contributed by atoms with E-state index in [1.165, 1.54) is 24.0 Å². The minimum absolute atomic E-state index is 0.00251. The van der Waals surface area contributed by atoms with Crippen molar-refractivity contribution in [2.24, 2.45) is 0 Å². The molecule has 0 bridgehead atoms. The molecule has 0 aromatic heterocycles. The Labute approximate surface area is 144 Å². The monoisotopic (exact) mass is 323 g/mol. The van der Waals surface area contributed by atoms with Crippen molar-refractivity contribution in [3.8, 4) is 5.75 Å². The number of ether oxygens (including phenoxy) is 1. The molecular formula is C21H25NO2. The minimum atomic E-state index is 0.00251. The molecule has 0 aliphatic heterocycles. The maximum Gasteiger partial charge on any atom is 0.228 e. The predicted octanol–water partition coefficient (Wildman–Crippen LogP) is 4.81. The zero-order valence-electron chi connectivity index (χ0n) is 14.5. The first-order valence-electron chi connectivity index (χ1n) is 8.73. The van der Waals surface area contributed by atoms with Gasteiger partial charge in [-0.3, -0.25) is 4.79 Å². The maximum atomic E-state index is 12.2. The van der Waals surface area contributed by atoms with Gasteiger partial charge < -0.3 is 10.1 Å². The van der Waals surface area contributed by atoms with Crippen molar-refractivity contribution in [3.63, 3.8) is 0 Å². The van der Waals surface area contributed by atoms with Crippen LogP contribution in [-0.2, 0) is 11.2 Å². The van der Waals surface area contributed by atoms with Crippen LogP contribution in [0.15, 0.2) is 42.5 Å². The third-order valence-electron chi connectivity index (χ3n) is 4.68. The molecule has 1 aliphatic carbocycles. The number of nitrogens with one attached hydrogen (secondary N) is 1. The Morgan fingerprint density at radius 1 is 1.04 bits per heavy atom. The number of amides is 1. The molecule has 1 fully saturated rings. The van der Waals surface area contributed by atoms with Crippen molar-refractivity contribution in [1.82, 2.24) is 0 Å². The van der Waals surface area contributed by atoms with E-state index in [0.29, 0.717) is 12.5 Å². The molecule has 3 nitrogen and oxygen atoms in total. The van der Waals surface area contributed by atoms with Gasteiger partial charge in [0, 0.05) is 5.69 Å². The average Bonchev–Trinajstić information content (AvgIpc) is 3.06. The molecule has 0 spiro atoms. The first-order valence-corrected chi connectivity index (χ1v) is 8.73. The molecule has 2 aromatic rings.